The molecule has 0 saturated heterocycles. The Balaban J connectivity index is 2.06. The summed E-state index contributed by atoms with van der Waals surface area (Å²) in [5.74, 6) is 1.86. The third kappa shape index (κ3) is 3.18. The lowest BCUT2D eigenvalue weighted by Crippen LogP contribution is -2.04. The minimum atomic E-state index is -0.284. The van der Waals surface area contributed by atoms with Crippen molar-refractivity contribution in [3.05, 3.63) is 29.7 Å². The number of rotatable bonds is 6. The summed E-state index contributed by atoms with van der Waals surface area (Å²) in [5, 5.41) is 10.7. The van der Waals surface area contributed by atoms with E-state index in [2.05, 4.69) is 15.5 Å². The predicted molar refractivity (Wildman–Crippen MR) is 73.8 cm³/mol. The Kier molecular flexibility index (Phi) is 4.41. The van der Waals surface area contributed by atoms with Gasteiger partial charge >= 0.3 is 6.01 Å². The molecule has 1 heterocycles. The first-order valence-electron chi connectivity index (χ1n) is 6.17. The van der Waals surface area contributed by atoms with Gasteiger partial charge in [0.2, 0.25) is 5.89 Å². The topological polar surface area (TPSA) is 95.4 Å². The maximum Gasteiger partial charge on any atom is 0.315 e. The Hall–Kier alpha value is -2.28. The zero-order valence-corrected chi connectivity index (χ0v) is 11.7. The Morgan fingerprint density at radius 3 is 2.70 bits per heavy atom. The number of benzene rings is 1. The Labute approximate surface area is 117 Å². The highest BCUT2D eigenvalue weighted by molar-refractivity contribution is 5.42. The Bertz CT molecular complexity index is 568. The highest BCUT2D eigenvalue weighted by Crippen LogP contribution is 2.25. The maximum absolute atomic E-state index is 5.65. The van der Waals surface area contributed by atoms with Crippen LogP contribution in [0.5, 0.6) is 11.5 Å². The number of hydrogen-bond donors (Lipinski definition) is 2. The van der Waals surface area contributed by atoms with Crippen LogP contribution in [0.15, 0.2) is 22.6 Å². The first-order valence-corrected chi connectivity index (χ1v) is 6.17. The number of ether oxygens (including phenoxy) is 2. The lowest BCUT2D eigenvalue weighted by atomic mass is 10.2. The molecule has 2 rings (SSSR count). The molecule has 0 radical (unpaired) electrons. The van der Waals surface area contributed by atoms with Crippen LogP contribution in [0.4, 0.5) is 6.01 Å². The van der Waals surface area contributed by atoms with E-state index in [9.17, 15) is 0 Å². The smallest absolute Gasteiger partial charge is 0.315 e. The van der Waals surface area contributed by atoms with Gasteiger partial charge in [-0.05, 0) is 19.1 Å². The first kappa shape index (κ1) is 14.1. The van der Waals surface area contributed by atoms with Gasteiger partial charge in [-0.2, -0.15) is 0 Å². The van der Waals surface area contributed by atoms with Crippen LogP contribution in [0.2, 0.25) is 0 Å². The van der Waals surface area contributed by atoms with Crippen LogP contribution in [0.3, 0.4) is 0 Å². The standard InChI is InChI=1S/C13H18N4O3/c1-8(14)12-16-17-13(20-12)15-7-9-4-5-10(18-2)6-11(9)19-3/h4-6,8H,7,14H2,1-3H3,(H,15,17). The van der Waals surface area contributed by atoms with E-state index in [4.69, 9.17) is 19.6 Å². The van der Waals surface area contributed by atoms with Gasteiger partial charge in [-0.3, -0.25) is 0 Å². The van der Waals surface area contributed by atoms with Crippen molar-refractivity contribution in [2.45, 2.75) is 19.5 Å². The molecule has 1 aromatic carbocycles. The van der Waals surface area contributed by atoms with Gasteiger partial charge in [-0.1, -0.05) is 5.10 Å². The third-order valence-electron chi connectivity index (χ3n) is 2.75. The quantitative estimate of drug-likeness (QED) is 0.830. The van der Waals surface area contributed by atoms with Crippen LogP contribution >= 0.6 is 0 Å². The van der Waals surface area contributed by atoms with E-state index in [1.807, 2.05) is 18.2 Å². The summed E-state index contributed by atoms with van der Waals surface area (Å²) in [6.07, 6.45) is 0. The molecule has 1 aromatic heterocycles. The average molecular weight is 278 g/mol. The Morgan fingerprint density at radius 2 is 2.10 bits per heavy atom. The molecule has 0 spiro atoms. The molecule has 1 atom stereocenters. The Morgan fingerprint density at radius 1 is 1.30 bits per heavy atom. The first-order chi connectivity index (χ1) is 9.63. The van der Waals surface area contributed by atoms with E-state index in [0.29, 0.717) is 18.5 Å². The van der Waals surface area contributed by atoms with E-state index in [1.54, 1.807) is 21.1 Å². The summed E-state index contributed by atoms with van der Waals surface area (Å²) in [4.78, 5) is 0. The third-order valence-corrected chi connectivity index (χ3v) is 2.75. The number of nitrogens with two attached hydrogens (primary N) is 1. The molecular weight excluding hydrogens is 260 g/mol. The van der Waals surface area contributed by atoms with Crippen LogP contribution in [-0.4, -0.2) is 24.4 Å². The van der Waals surface area contributed by atoms with Gasteiger partial charge in [-0.25, -0.2) is 0 Å². The molecule has 0 aliphatic heterocycles. The van der Waals surface area contributed by atoms with Gasteiger partial charge in [0.05, 0.1) is 20.3 Å². The van der Waals surface area contributed by atoms with Gasteiger partial charge in [-0.15, -0.1) is 5.10 Å². The molecule has 7 heteroatoms. The number of nitrogens with zero attached hydrogens (tertiary/aromatic N) is 2. The fraction of sp³-hybridized carbons (Fsp3) is 0.385. The molecule has 0 saturated carbocycles. The van der Waals surface area contributed by atoms with Gasteiger partial charge < -0.3 is 24.9 Å². The zero-order chi connectivity index (χ0) is 14.5. The van der Waals surface area contributed by atoms with Crippen LogP contribution in [0.25, 0.3) is 0 Å². The van der Waals surface area contributed by atoms with Crippen molar-refractivity contribution in [1.82, 2.24) is 10.2 Å². The molecule has 0 bridgehead atoms. The van der Waals surface area contributed by atoms with Crippen molar-refractivity contribution in [3.63, 3.8) is 0 Å². The minimum absolute atomic E-state index is 0.284. The van der Waals surface area contributed by atoms with Gasteiger partial charge in [0, 0.05) is 18.2 Å². The van der Waals surface area contributed by atoms with Crippen LogP contribution in [0.1, 0.15) is 24.4 Å². The fourth-order valence-corrected chi connectivity index (χ4v) is 1.66. The minimum Gasteiger partial charge on any atom is -0.497 e. The molecule has 0 fully saturated rings. The SMILES string of the molecule is COc1ccc(CNc2nnc(C(C)N)o2)c(OC)c1. The summed E-state index contributed by atoms with van der Waals surface area (Å²) >= 11 is 0. The number of methoxy groups -OCH3 is 2. The van der Waals surface area contributed by atoms with E-state index < -0.39 is 0 Å². The molecule has 108 valence electrons. The number of anilines is 1. The molecule has 1 unspecified atom stereocenters. The summed E-state index contributed by atoms with van der Waals surface area (Å²) in [6, 6.07) is 5.63. The molecular formula is C13H18N4O3. The van der Waals surface area contributed by atoms with E-state index >= 15 is 0 Å². The van der Waals surface area contributed by atoms with Crippen molar-refractivity contribution >= 4 is 6.01 Å². The highest BCUT2D eigenvalue weighted by Gasteiger charge is 2.10. The van der Waals surface area contributed by atoms with Gasteiger partial charge in [0.15, 0.2) is 0 Å². The van der Waals surface area contributed by atoms with Crippen molar-refractivity contribution < 1.29 is 13.9 Å². The molecule has 0 aliphatic carbocycles. The second-order valence-corrected chi connectivity index (χ2v) is 4.27. The number of hydrogen-bond acceptors (Lipinski definition) is 7. The largest absolute Gasteiger partial charge is 0.497 e. The molecule has 20 heavy (non-hydrogen) atoms. The van der Waals surface area contributed by atoms with Crippen LogP contribution in [-0.2, 0) is 6.54 Å². The molecule has 3 N–H and O–H groups in total. The summed E-state index contributed by atoms with van der Waals surface area (Å²) in [7, 11) is 3.22. The molecule has 0 aliphatic rings. The lowest BCUT2D eigenvalue weighted by molar-refractivity contribution is 0.391. The van der Waals surface area contributed by atoms with Crippen molar-refractivity contribution in [3.8, 4) is 11.5 Å². The van der Waals surface area contributed by atoms with E-state index in [0.717, 1.165) is 17.1 Å². The van der Waals surface area contributed by atoms with Crippen molar-refractivity contribution in [2.75, 3.05) is 19.5 Å². The summed E-state index contributed by atoms with van der Waals surface area (Å²) in [5.41, 5.74) is 6.61. The number of aromatic nitrogens is 2. The fourth-order valence-electron chi connectivity index (χ4n) is 1.66. The lowest BCUT2D eigenvalue weighted by Gasteiger charge is -2.10. The molecule has 0 amide bonds. The second-order valence-electron chi connectivity index (χ2n) is 4.27. The monoisotopic (exact) mass is 278 g/mol. The van der Waals surface area contributed by atoms with E-state index in [1.165, 1.54) is 0 Å². The van der Waals surface area contributed by atoms with Crippen molar-refractivity contribution in [1.29, 1.82) is 0 Å². The highest BCUT2D eigenvalue weighted by atomic mass is 16.5. The number of nitrogens with one attached hydrogen (secondary N) is 1. The van der Waals surface area contributed by atoms with Gasteiger partial charge in [0.25, 0.3) is 0 Å². The van der Waals surface area contributed by atoms with Gasteiger partial charge in [0.1, 0.15) is 11.5 Å². The van der Waals surface area contributed by atoms with Crippen LogP contribution < -0.4 is 20.5 Å². The van der Waals surface area contributed by atoms with Crippen molar-refractivity contribution in [2.24, 2.45) is 5.73 Å². The normalized spacial score (nSPS) is 12.0. The molecule has 2 aromatic rings. The second kappa shape index (κ2) is 6.25. The molecule has 7 nitrogen and oxygen atoms in total. The van der Waals surface area contributed by atoms with Crippen LogP contribution in [0, 0.1) is 0 Å². The average Bonchev–Trinajstić information content (AvgIpc) is 2.94. The summed E-state index contributed by atoms with van der Waals surface area (Å²) < 4.78 is 15.8. The zero-order valence-electron chi connectivity index (χ0n) is 11.7. The maximum atomic E-state index is 5.65. The summed E-state index contributed by atoms with van der Waals surface area (Å²) in [6.45, 7) is 2.28. The predicted octanol–water partition coefficient (Wildman–Crippen LogP) is 1.72. The van der Waals surface area contributed by atoms with E-state index in [-0.39, 0.29) is 6.04 Å².